The van der Waals surface area contributed by atoms with Crippen molar-refractivity contribution in [3.8, 4) is 12.1 Å². The number of carbonyl (C=O) groups excluding carboxylic acids is 1. The number of rotatable bonds is 3. The normalized spacial score (nSPS) is 11.1. The molecule has 1 aromatic carbocycles. The molecule has 15 heavy (non-hydrogen) atoms. The molecular formula is C11H8N2O2. The summed E-state index contributed by atoms with van der Waals surface area (Å²) < 4.78 is 4.70. The van der Waals surface area contributed by atoms with Crippen LogP contribution in [0.25, 0.3) is 0 Å². The Morgan fingerprint density at radius 1 is 1.33 bits per heavy atom. The zero-order valence-corrected chi connectivity index (χ0v) is 8.10. The average molecular weight is 200 g/mol. The number of hydrogen-bond acceptors (Lipinski definition) is 4. The number of benzene rings is 1. The van der Waals surface area contributed by atoms with Gasteiger partial charge in [-0.1, -0.05) is 0 Å². The molecule has 0 fully saturated rings. The van der Waals surface area contributed by atoms with Gasteiger partial charge in [-0.3, -0.25) is 4.79 Å². The maximum Gasteiger partial charge on any atom is 0.206 e. The summed E-state index contributed by atoms with van der Waals surface area (Å²) >= 11 is 0. The summed E-state index contributed by atoms with van der Waals surface area (Å²) in [4.78, 5) is 11.6. The van der Waals surface area contributed by atoms with Crippen LogP contribution in [-0.2, 0) is 4.74 Å². The van der Waals surface area contributed by atoms with Crippen LogP contribution in [0.2, 0.25) is 0 Å². The quantitative estimate of drug-likeness (QED) is 0.689. The minimum atomic E-state index is -1.09. The third-order valence-corrected chi connectivity index (χ3v) is 1.89. The maximum atomic E-state index is 11.6. The molecule has 0 heterocycles. The fraction of sp³-hybridized carbons (Fsp3) is 0.182. The third-order valence-electron chi connectivity index (χ3n) is 1.89. The number of nitrogens with zero attached hydrogens (tertiary/aromatic N) is 2. The van der Waals surface area contributed by atoms with Crippen molar-refractivity contribution < 1.29 is 9.53 Å². The number of ketones is 1. The molecule has 1 atom stereocenters. The van der Waals surface area contributed by atoms with Gasteiger partial charge in [0.05, 0.1) is 11.6 Å². The Bertz CT molecular complexity index is 437. The SMILES string of the molecule is COC(C#N)C(=O)c1ccc(C#N)cc1. The minimum Gasteiger partial charge on any atom is -0.359 e. The summed E-state index contributed by atoms with van der Waals surface area (Å²) in [7, 11) is 1.30. The van der Waals surface area contributed by atoms with Crippen LogP contribution in [0.4, 0.5) is 0 Å². The van der Waals surface area contributed by atoms with Crippen molar-refractivity contribution in [3.05, 3.63) is 35.4 Å². The van der Waals surface area contributed by atoms with Crippen molar-refractivity contribution >= 4 is 5.78 Å². The molecule has 4 heteroatoms. The van der Waals surface area contributed by atoms with Crippen molar-refractivity contribution in [3.63, 3.8) is 0 Å². The van der Waals surface area contributed by atoms with Gasteiger partial charge in [0.1, 0.15) is 6.07 Å². The Balaban J connectivity index is 2.94. The number of nitriles is 2. The van der Waals surface area contributed by atoms with Gasteiger partial charge in [-0.25, -0.2) is 0 Å². The first-order chi connectivity index (χ1) is 7.22. The first kappa shape index (κ1) is 10.9. The highest BCUT2D eigenvalue weighted by Gasteiger charge is 2.18. The Kier molecular flexibility index (Phi) is 3.56. The number of ether oxygens (including phenoxy) is 1. The van der Waals surface area contributed by atoms with Crippen molar-refractivity contribution in [1.82, 2.24) is 0 Å². The van der Waals surface area contributed by atoms with E-state index in [1.807, 2.05) is 6.07 Å². The monoisotopic (exact) mass is 200 g/mol. The Morgan fingerprint density at radius 2 is 1.93 bits per heavy atom. The summed E-state index contributed by atoms with van der Waals surface area (Å²) in [6.45, 7) is 0. The molecule has 0 aromatic heterocycles. The molecule has 0 aliphatic rings. The lowest BCUT2D eigenvalue weighted by Gasteiger charge is -2.05. The predicted octanol–water partition coefficient (Wildman–Crippen LogP) is 1.28. The van der Waals surface area contributed by atoms with Crippen LogP contribution in [0.1, 0.15) is 15.9 Å². The molecule has 1 rings (SSSR count). The third kappa shape index (κ3) is 2.40. The minimum absolute atomic E-state index is 0.363. The summed E-state index contributed by atoms with van der Waals surface area (Å²) in [5.74, 6) is -0.399. The van der Waals surface area contributed by atoms with E-state index in [0.717, 1.165) is 0 Å². The van der Waals surface area contributed by atoms with Crippen LogP contribution < -0.4 is 0 Å². The van der Waals surface area contributed by atoms with Crippen LogP contribution in [0, 0.1) is 22.7 Å². The Labute approximate surface area is 87.3 Å². The summed E-state index contributed by atoms with van der Waals surface area (Å²) in [6, 6.07) is 9.74. The molecule has 0 radical (unpaired) electrons. The summed E-state index contributed by atoms with van der Waals surface area (Å²) in [5.41, 5.74) is 0.833. The van der Waals surface area contributed by atoms with Crippen molar-refractivity contribution in [2.75, 3.05) is 7.11 Å². The van der Waals surface area contributed by atoms with Crippen LogP contribution >= 0.6 is 0 Å². The molecule has 0 spiro atoms. The van der Waals surface area contributed by atoms with Gasteiger partial charge >= 0.3 is 0 Å². The first-order valence-corrected chi connectivity index (χ1v) is 4.19. The van der Waals surface area contributed by atoms with Gasteiger partial charge in [0, 0.05) is 12.7 Å². The van der Waals surface area contributed by atoms with Gasteiger partial charge < -0.3 is 4.74 Å². The van der Waals surface area contributed by atoms with E-state index >= 15 is 0 Å². The van der Waals surface area contributed by atoms with Crippen LogP contribution in [0.3, 0.4) is 0 Å². The van der Waals surface area contributed by atoms with Gasteiger partial charge in [-0.15, -0.1) is 0 Å². The average Bonchev–Trinajstić information content (AvgIpc) is 2.30. The summed E-state index contributed by atoms with van der Waals surface area (Å²) in [5, 5.41) is 17.2. The van der Waals surface area contributed by atoms with Gasteiger partial charge in [0.2, 0.25) is 11.9 Å². The van der Waals surface area contributed by atoms with E-state index in [9.17, 15) is 4.79 Å². The van der Waals surface area contributed by atoms with Crippen LogP contribution in [-0.4, -0.2) is 19.0 Å². The Morgan fingerprint density at radius 3 is 2.33 bits per heavy atom. The molecule has 1 aromatic rings. The molecule has 1 unspecified atom stereocenters. The highest BCUT2D eigenvalue weighted by atomic mass is 16.5. The van der Waals surface area contributed by atoms with Crippen LogP contribution in [0.15, 0.2) is 24.3 Å². The van der Waals surface area contributed by atoms with E-state index in [0.29, 0.717) is 11.1 Å². The molecule has 74 valence electrons. The lowest BCUT2D eigenvalue weighted by molar-refractivity contribution is 0.0735. The molecule has 0 saturated carbocycles. The van der Waals surface area contributed by atoms with E-state index in [2.05, 4.69) is 0 Å². The highest BCUT2D eigenvalue weighted by Crippen LogP contribution is 2.07. The fourth-order valence-corrected chi connectivity index (χ4v) is 1.08. The maximum absolute atomic E-state index is 11.6. The first-order valence-electron chi connectivity index (χ1n) is 4.19. The Hall–Kier alpha value is -2.17. The number of carbonyl (C=O) groups is 1. The molecular weight excluding hydrogens is 192 g/mol. The number of hydrogen-bond donors (Lipinski definition) is 0. The predicted molar refractivity (Wildman–Crippen MR) is 51.9 cm³/mol. The summed E-state index contributed by atoms with van der Waals surface area (Å²) in [6.07, 6.45) is -1.09. The second-order valence-corrected chi connectivity index (χ2v) is 2.80. The number of methoxy groups -OCH3 is 1. The zero-order chi connectivity index (χ0) is 11.3. The number of Topliss-reactive ketones (excluding diaryl/α,β-unsaturated/α-hetero) is 1. The van der Waals surface area contributed by atoms with E-state index in [1.165, 1.54) is 31.4 Å². The van der Waals surface area contributed by atoms with E-state index in [4.69, 9.17) is 15.3 Å². The topological polar surface area (TPSA) is 73.9 Å². The highest BCUT2D eigenvalue weighted by molar-refractivity contribution is 6.01. The molecule has 0 bridgehead atoms. The molecule has 0 amide bonds. The largest absolute Gasteiger partial charge is 0.359 e. The van der Waals surface area contributed by atoms with Gasteiger partial charge in [-0.2, -0.15) is 10.5 Å². The molecule has 0 saturated heterocycles. The molecule has 4 nitrogen and oxygen atoms in total. The zero-order valence-electron chi connectivity index (χ0n) is 8.10. The molecule has 0 aliphatic heterocycles. The fourth-order valence-electron chi connectivity index (χ4n) is 1.08. The second kappa shape index (κ2) is 4.90. The standard InChI is InChI=1S/C11H8N2O2/c1-15-10(7-13)11(14)9-4-2-8(6-12)3-5-9/h2-5,10H,1H3. The van der Waals surface area contributed by atoms with Crippen molar-refractivity contribution in [2.24, 2.45) is 0 Å². The van der Waals surface area contributed by atoms with Crippen LogP contribution in [0.5, 0.6) is 0 Å². The van der Waals surface area contributed by atoms with E-state index in [1.54, 1.807) is 6.07 Å². The lowest BCUT2D eigenvalue weighted by atomic mass is 10.1. The van der Waals surface area contributed by atoms with E-state index < -0.39 is 11.9 Å². The second-order valence-electron chi connectivity index (χ2n) is 2.80. The van der Waals surface area contributed by atoms with Crippen molar-refractivity contribution in [2.45, 2.75) is 6.10 Å². The smallest absolute Gasteiger partial charge is 0.206 e. The molecule has 0 N–H and O–H groups in total. The molecule has 0 aliphatic carbocycles. The van der Waals surface area contributed by atoms with E-state index in [-0.39, 0.29) is 0 Å². The van der Waals surface area contributed by atoms with Gasteiger partial charge in [0.15, 0.2) is 0 Å². The van der Waals surface area contributed by atoms with Crippen molar-refractivity contribution in [1.29, 1.82) is 10.5 Å². The lowest BCUT2D eigenvalue weighted by Crippen LogP contribution is -2.20. The van der Waals surface area contributed by atoms with Gasteiger partial charge in [0.25, 0.3) is 0 Å². The van der Waals surface area contributed by atoms with Gasteiger partial charge in [-0.05, 0) is 24.3 Å².